The molecule has 1 aromatic rings. The quantitative estimate of drug-likeness (QED) is 0.806. The summed E-state index contributed by atoms with van der Waals surface area (Å²) in [6, 6.07) is 5.56. The number of hydrogen-bond donors (Lipinski definition) is 2. The third-order valence-electron chi connectivity index (χ3n) is 6.49. The summed E-state index contributed by atoms with van der Waals surface area (Å²) in [5.74, 6) is 0.194. The van der Waals surface area contributed by atoms with Crippen LogP contribution in [0.2, 0.25) is 0 Å². The molecule has 2 atom stereocenters. The number of pyridine rings is 1. The molecule has 0 unspecified atom stereocenters. The van der Waals surface area contributed by atoms with Crippen LogP contribution in [0.4, 0.5) is 0 Å². The highest BCUT2D eigenvalue weighted by Crippen LogP contribution is 2.41. The van der Waals surface area contributed by atoms with E-state index >= 15 is 0 Å². The van der Waals surface area contributed by atoms with E-state index in [-0.39, 0.29) is 24.2 Å². The van der Waals surface area contributed by atoms with E-state index in [9.17, 15) is 14.7 Å². The molecule has 28 heavy (non-hydrogen) atoms. The molecule has 152 valence electrons. The number of aliphatic hydroxyl groups excluding tert-OH is 1. The van der Waals surface area contributed by atoms with E-state index in [1.165, 1.54) is 0 Å². The van der Waals surface area contributed by atoms with Crippen molar-refractivity contribution in [2.24, 2.45) is 5.92 Å². The first-order chi connectivity index (χ1) is 13.4. The lowest BCUT2D eigenvalue weighted by Gasteiger charge is -2.53. The number of piperidine rings is 1. The van der Waals surface area contributed by atoms with Gasteiger partial charge < -0.3 is 20.1 Å². The number of hydrogen-bond acceptors (Lipinski definition) is 5. The Bertz CT molecular complexity index is 728. The van der Waals surface area contributed by atoms with Gasteiger partial charge in [-0.25, -0.2) is 0 Å². The number of nitrogens with zero attached hydrogens (tertiary/aromatic N) is 2. The molecule has 0 aromatic carbocycles. The summed E-state index contributed by atoms with van der Waals surface area (Å²) in [6.07, 6.45) is 4.79. The van der Waals surface area contributed by atoms with Crippen LogP contribution in [0.3, 0.4) is 0 Å². The number of ether oxygens (including phenoxy) is 1. The van der Waals surface area contributed by atoms with Crippen molar-refractivity contribution in [2.75, 3.05) is 19.7 Å². The second-order valence-electron chi connectivity index (χ2n) is 8.63. The molecule has 4 rings (SSSR count). The third kappa shape index (κ3) is 3.78. The van der Waals surface area contributed by atoms with E-state index in [0.29, 0.717) is 39.0 Å². The molecule has 0 bridgehead atoms. The number of carbonyl (C=O) groups is 2. The summed E-state index contributed by atoms with van der Waals surface area (Å²) >= 11 is 0. The summed E-state index contributed by atoms with van der Waals surface area (Å²) in [5.41, 5.74) is -0.624. The second-order valence-corrected chi connectivity index (χ2v) is 8.63. The van der Waals surface area contributed by atoms with Crippen LogP contribution in [-0.4, -0.2) is 63.7 Å². The smallest absolute Gasteiger partial charge is 0.228 e. The first-order valence-corrected chi connectivity index (χ1v) is 10.2. The fourth-order valence-electron chi connectivity index (χ4n) is 4.44. The van der Waals surface area contributed by atoms with Crippen molar-refractivity contribution in [2.45, 2.75) is 62.7 Å². The standard InChI is InChI=1S/C21H29N3O4/c1-20(23-18(26)15-5-6-15)9-13-28-21(19(20)27)7-11-24(12-8-21)17(25)14-16-4-2-3-10-22-16/h2-4,10,15,19,27H,5-9,11-14H2,1H3,(H,23,26)/t19-,20+/m1/s1. The minimum absolute atomic E-state index is 0.0431. The van der Waals surface area contributed by atoms with Crippen LogP contribution < -0.4 is 5.32 Å². The Morgan fingerprint density at radius 1 is 1.29 bits per heavy atom. The summed E-state index contributed by atoms with van der Waals surface area (Å²) in [6.45, 7) is 3.49. The Hall–Kier alpha value is -1.99. The normalized spacial score (nSPS) is 29.5. The SMILES string of the molecule is C[C@]1(NC(=O)C2CC2)CCOC2(CCN(C(=O)Cc3ccccn3)CC2)[C@@H]1O. The zero-order valence-corrected chi connectivity index (χ0v) is 16.4. The van der Waals surface area contributed by atoms with Gasteiger partial charge in [0.1, 0.15) is 6.10 Å². The average molecular weight is 387 g/mol. The lowest BCUT2D eigenvalue weighted by molar-refractivity contribution is -0.208. The van der Waals surface area contributed by atoms with Crippen LogP contribution in [0.5, 0.6) is 0 Å². The molecule has 0 radical (unpaired) electrons. The molecular formula is C21H29N3O4. The highest BCUT2D eigenvalue weighted by Gasteiger charge is 2.54. The molecule has 3 heterocycles. The third-order valence-corrected chi connectivity index (χ3v) is 6.49. The zero-order valence-electron chi connectivity index (χ0n) is 16.4. The summed E-state index contributed by atoms with van der Waals surface area (Å²) in [7, 11) is 0. The van der Waals surface area contributed by atoms with Crippen molar-refractivity contribution in [3.8, 4) is 0 Å². The van der Waals surface area contributed by atoms with Crippen molar-refractivity contribution in [1.82, 2.24) is 15.2 Å². The summed E-state index contributed by atoms with van der Waals surface area (Å²) in [5, 5.41) is 14.2. The number of nitrogens with one attached hydrogen (secondary N) is 1. The van der Waals surface area contributed by atoms with Crippen molar-refractivity contribution in [1.29, 1.82) is 0 Å². The molecule has 1 aromatic heterocycles. The van der Waals surface area contributed by atoms with E-state index < -0.39 is 17.2 Å². The molecule has 7 nitrogen and oxygen atoms in total. The van der Waals surface area contributed by atoms with Crippen molar-refractivity contribution in [3.05, 3.63) is 30.1 Å². The van der Waals surface area contributed by atoms with Gasteiger partial charge in [-0.3, -0.25) is 14.6 Å². The van der Waals surface area contributed by atoms with Crippen molar-refractivity contribution < 1.29 is 19.4 Å². The molecule has 3 fully saturated rings. The Morgan fingerprint density at radius 2 is 2.04 bits per heavy atom. The highest BCUT2D eigenvalue weighted by atomic mass is 16.5. The van der Waals surface area contributed by atoms with Crippen LogP contribution in [0.25, 0.3) is 0 Å². The molecular weight excluding hydrogens is 358 g/mol. The van der Waals surface area contributed by atoms with Gasteiger partial charge in [-0.1, -0.05) is 6.07 Å². The number of amides is 2. The minimum atomic E-state index is -0.788. The van der Waals surface area contributed by atoms with Crippen LogP contribution in [-0.2, 0) is 20.7 Å². The monoisotopic (exact) mass is 387 g/mol. The molecule has 2 amide bonds. The molecule has 2 N–H and O–H groups in total. The predicted molar refractivity (Wildman–Crippen MR) is 102 cm³/mol. The first kappa shape index (κ1) is 19.3. The fraction of sp³-hybridized carbons (Fsp3) is 0.667. The number of carbonyl (C=O) groups excluding carboxylic acids is 2. The molecule has 1 aliphatic carbocycles. The molecule has 1 saturated carbocycles. The van der Waals surface area contributed by atoms with Gasteiger partial charge in [0.25, 0.3) is 0 Å². The lowest BCUT2D eigenvalue weighted by Crippen LogP contribution is -2.69. The largest absolute Gasteiger partial charge is 0.388 e. The predicted octanol–water partition coefficient (Wildman–Crippen LogP) is 1.05. The summed E-state index contributed by atoms with van der Waals surface area (Å²) < 4.78 is 6.07. The van der Waals surface area contributed by atoms with Gasteiger partial charge in [-0.15, -0.1) is 0 Å². The van der Waals surface area contributed by atoms with Crippen LogP contribution >= 0.6 is 0 Å². The van der Waals surface area contributed by atoms with Gasteiger partial charge >= 0.3 is 0 Å². The maximum Gasteiger partial charge on any atom is 0.228 e. The maximum absolute atomic E-state index is 12.6. The van der Waals surface area contributed by atoms with Crippen molar-refractivity contribution in [3.63, 3.8) is 0 Å². The Morgan fingerprint density at radius 3 is 2.68 bits per heavy atom. The van der Waals surface area contributed by atoms with Crippen molar-refractivity contribution >= 4 is 11.8 Å². The van der Waals surface area contributed by atoms with E-state index in [4.69, 9.17) is 4.74 Å². The van der Waals surface area contributed by atoms with Gasteiger partial charge in [0.2, 0.25) is 11.8 Å². The molecule has 7 heteroatoms. The van der Waals surface area contributed by atoms with Gasteiger partial charge in [-0.05, 0) is 51.2 Å². The summed E-state index contributed by atoms with van der Waals surface area (Å²) in [4.78, 5) is 30.9. The number of likely N-dealkylation sites (tertiary alicyclic amines) is 1. The Labute approximate surface area is 165 Å². The van der Waals surface area contributed by atoms with Crippen LogP contribution in [0, 0.1) is 5.92 Å². The van der Waals surface area contributed by atoms with Crippen LogP contribution in [0.15, 0.2) is 24.4 Å². The molecule has 2 aliphatic heterocycles. The minimum Gasteiger partial charge on any atom is -0.388 e. The van der Waals surface area contributed by atoms with Gasteiger partial charge in [0.05, 0.1) is 17.6 Å². The van der Waals surface area contributed by atoms with E-state index in [0.717, 1.165) is 18.5 Å². The van der Waals surface area contributed by atoms with Crippen LogP contribution in [0.1, 0.15) is 44.7 Å². The van der Waals surface area contributed by atoms with E-state index in [2.05, 4.69) is 10.3 Å². The fourth-order valence-corrected chi connectivity index (χ4v) is 4.44. The number of aromatic nitrogens is 1. The topological polar surface area (TPSA) is 91.8 Å². The molecule has 1 spiro atoms. The molecule has 2 saturated heterocycles. The maximum atomic E-state index is 12.6. The Balaban J connectivity index is 1.38. The number of aliphatic hydroxyl groups is 1. The van der Waals surface area contributed by atoms with Gasteiger partial charge in [-0.2, -0.15) is 0 Å². The average Bonchev–Trinajstić information content (AvgIpc) is 3.53. The Kier molecular flexibility index (Phi) is 5.14. The second kappa shape index (κ2) is 7.44. The lowest BCUT2D eigenvalue weighted by atomic mass is 9.73. The number of rotatable bonds is 4. The van der Waals surface area contributed by atoms with E-state index in [1.807, 2.05) is 30.0 Å². The van der Waals surface area contributed by atoms with Gasteiger partial charge in [0, 0.05) is 37.5 Å². The first-order valence-electron chi connectivity index (χ1n) is 10.2. The highest BCUT2D eigenvalue weighted by molar-refractivity contribution is 5.81. The van der Waals surface area contributed by atoms with Gasteiger partial charge in [0.15, 0.2) is 0 Å². The zero-order chi connectivity index (χ0) is 19.8. The molecule has 3 aliphatic rings. The van der Waals surface area contributed by atoms with E-state index in [1.54, 1.807) is 6.20 Å².